The van der Waals surface area contributed by atoms with Crippen molar-refractivity contribution in [2.75, 3.05) is 6.54 Å². The van der Waals surface area contributed by atoms with Crippen LogP contribution in [0.5, 0.6) is 0 Å². The average Bonchev–Trinajstić information content (AvgIpc) is 2.66. The van der Waals surface area contributed by atoms with E-state index in [0.717, 1.165) is 11.1 Å². The van der Waals surface area contributed by atoms with Crippen LogP contribution in [0.25, 0.3) is 0 Å². The summed E-state index contributed by atoms with van der Waals surface area (Å²) in [6.07, 6.45) is -0.136. The summed E-state index contributed by atoms with van der Waals surface area (Å²) in [6.45, 7) is 5.50. The molecule has 12 nitrogen and oxygen atoms in total. The third kappa shape index (κ3) is 11.4. The second-order valence-corrected chi connectivity index (χ2v) is 7.68. The van der Waals surface area contributed by atoms with Crippen molar-refractivity contribution >= 4 is 18.0 Å². The second kappa shape index (κ2) is 12.3. The van der Waals surface area contributed by atoms with E-state index >= 15 is 0 Å². The summed E-state index contributed by atoms with van der Waals surface area (Å²) >= 11 is 0. The van der Waals surface area contributed by atoms with Crippen molar-refractivity contribution in [3.63, 3.8) is 0 Å². The lowest BCUT2D eigenvalue weighted by molar-refractivity contribution is -0.485. The molecule has 0 bridgehead atoms. The number of nitro groups is 1. The Kier molecular flexibility index (Phi) is 10.2. The molecule has 0 radical (unpaired) electrons. The predicted molar refractivity (Wildman–Crippen MR) is 113 cm³/mol. The number of rotatable bonds is 10. The van der Waals surface area contributed by atoms with E-state index in [-0.39, 0.29) is 32.1 Å². The molecule has 172 valence electrons. The Balaban J connectivity index is 2.67. The van der Waals surface area contributed by atoms with Crippen LogP contribution in [0, 0.1) is 10.1 Å². The molecule has 0 aromatic heterocycles. The predicted octanol–water partition coefficient (Wildman–Crippen LogP) is 0.565. The third-order valence-electron chi connectivity index (χ3n) is 3.84. The summed E-state index contributed by atoms with van der Waals surface area (Å²) in [6, 6.07) is 6.18. The molecule has 6 N–H and O–H groups in total. The van der Waals surface area contributed by atoms with Crippen LogP contribution in [0.3, 0.4) is 0 Å². The van der Waals surface area contributed by atoms with Gasteiger partial charge >= 0.3 is 6.09 Å². The summed E-state index contributed by atoms with van der Waals surface area (Å²) in [5.74, 6) is -0.763. The molecular formula is C19H30N6O6. The summed E-state index contributed by atoms with van der Waals surface area (Å²) < 4.78 is 5.21. The van der Waals surface area contributed by atoms with Crippen LogP contribution in [-0.4, -0.2) is 46.3 Å². The topological polar surface area (TPSA) is 181 Å². The highest BCUT2D eigenvalue weighted by Gasteiger charge is 2.24. The second-order valence-electron chi connectivity index (χ2n) is 7.68. The summed E-state index contributed by atoms with van der Waals surface area (Å²) in [5.41, 5.74) is 6.20. The molecule has 0 heterocycles. The largest absolute Gasteiger partial charge is 0.444 e. The smallest absolute Gasteiger partial charge is 0.408 e. The molecule has 0 unspecified atom stereocenters. The number of benzene rings is 1. The van der Waals surface area contributed by atoms with Crippen LogP contribution in [0.15, 0.2) is 29.4 Å². The molecule has 31 heavy (non-hydrogen) atoms. The molecule has 1 aromatic carbocycles. The van der Waals surface area contributed by atoms with Gasteiger partial charge in [-0.25, -0.2) is 14.9 Å². The molecular weight excluding hydrogens is 408 g/mol. The van der Waals surface area contributed by atoms with Crippen LogP contribution < -0.4 is 21.7 Å². The Morgan fingerprint density at radius 1 is 1.23 bits per heavy atom. The van der Waals surface area contributed by atoms with Crippen molar-refractivity contribution in [3.8, 4) is 0 Å². The first-order valence-electron chi connectivity index (χ1n) is 9.68. The van der Waals surface area contributed by atoms with E-state index in [4.69, 9.17) is 15.6 Å². The Labute approximate surface area is 180 Å². The van der Waals surface area contributed by atoms with Gasteiger partial charge in [0.05, 0.1) is 6.61 Å². The summed E-state index contributed by atoms with van der Waals surface area (Å²) in [5, 5.41) is 29.2. The van der Waals surface area contributed by atoms with E-state index in [0.29, 0.717) is 6.42 Å². The van der Waals surface area contributed by atoms with Gasteiger partial charge in [0.1, 0.15) is 16.7 Å². The number of aliphatic hydroxyl groups excluding tert-OH is 1. The van der Waals surface area contributed by atoms with Crippen LogP contribution in [0.4, 0.5) is 4.79 Å². The zero-order chi connectivity index (χ0) is 23.4. The van der Waals surface area contributed by atoms with Crippen LogP contribution in [0.1, 0.15) is 44.7 Å². The fourth-order valence-corrected chi connectivity index (χ4v) is 2.44. The van der Waals surface area contributed by atoms with E-state index in [9.17, 15) is 19.7 Å². The number of hydrazone groups is 1. The minimum absolute atomic E-state index is 0.0700. The monoisotopic (exact) mass is 438 g/mol. The van der Waals surface area contributed by atoms with Gasteiger partial charge in [-0.2, -0.15) is 0 Å². The fraction of sp³-hybridized carbons (Fsp3) is 0.526. The minimum Gasteiger partial charge on any atom is -0.444 e. The average molecular weight is 438 g/mol. The molecule has 0 saturated heterocycles. The number of alkyl carbamates (subject to hydrolysis) is 1. The number of guanidine groups is 1. The molecule has 0 aliphatic heterocycles. The zero-order valence-corrected chi connectivity index (χ0v) is 17.9. The van der Waals surface area contributed by atoms with Crippen molar-refractivity contribution in [2.24, 2.45) is 10.8 Å². The SMILES string of the molecule is CC(C)(C)OC(=O)N[C@H](CCCN/C(N)=N\[N+](=O)[O-])C(=O)NCc1ccc(CO)cc1. The lowest BCUT2D eigenvalue weighted by atomic mass is 10.1. The van der Waals surface area contributed by atoms with E-state index in [2.05, 4.69) is 21.1 Å². The molecule has 12 heteroatoms. The number of nitrogens with two attached hydrogens (primary N) is 1. The number of ether oxygens (including phenoxy) is 1. The first-order chi connectivity index (χ1) is 14.5. The highest BCUT2D eigenvalue weighted by Crippen LogP contribution is 2.08. The van der Waals surface area contributed by atoms with Crippen molar-refractivity contribution in [1.82, 2.24) is 16.0 Å². The van der Waals surface area contributed by atoms with E-state index < -0.39 is 28.7 Å². The first-order valence-corrected chi connectivity index (χ1v) is 9.68. The van der Waals surface area contributed by atoms with Crippen LogP contribution in [0.2, 0.25) is 0 Å². The number of carbonyl (C=O) groups excluding carboxylic acids is 2. The van der Waals surface area contributed by atoms with Gasteiger partial charge in [-0.3, -0.25) is 4.79 Å². The van der Waals surface area contributed by atoms with Crippen molar-refractivity contribution in [3.05, 3.63) is 45.5 Å². The maximum atomic E-state index is 12.6. The van der Waals surface area contributed by atoms with Crippen molar-refractivity contribution < 1.29 is 24.5 Å². The van der Waals surface area contributed by atoms with Gasteiger partial charge < -0.3 is 31.5 Å². The van der Waals surface area contributed by atoms with E-state index in [1.165, 1.54) is 0 Å². The highest BCUT2D eigenvalue weighted by molar-refractivity contribution is 5.85. The quantitative estimate of drug-likeness (QED) is 0.115. The van der Waals surface area contributed by atoms with Gasteiger partial charge in [-0.15, -0.1) is 0 Å². The number of nitrogens with zero attached hydrogens (tertiary/aromatic N) is 2. The van der Waals surface area contributed by atoms with Gasteiger partial charge in [0, 0.05) is 13.1 Å². The van der Waals surface area contributed by atoms with Gasteiger partial charge in [0.25, 0.3) is 5.96 Å². The lowest BCUT2D eigenvalue weighted by Crippen LogP contribution is -2.48. The molecule has 0 aliphatic rings. The number of carbonyl (C=O) groups is 2. The van der Waals surface area contributed by atoms with E-state index in [1.807, 2.05) is 0 Å². The van der Waals surface area contributed by atoms with E-state index in [1.54, 1.807) is 45.0 Å². The molecule has 0 spiro atoms. The van der Waals surface area contributed by atoms with Gasteiger partial charge in [0.15, 0.2) is 5.03 Å². The Hall–Kier alpha value is -3.41. The standard InChI is InChI=1S/C19H30N6O6/c1-19(2,3)31-18(28)23-15(5-4-10-21-17(20)24-25(29)30)16(27)22-11-13-6-8-14(12-26)9-7-13/h6-9,15,26H,4-5,10-12H2,1-3H3,(H,22,27)(H,23,28)(H3,20,21,24)/t15-/m1/s1. The fourth-order valence-electron chi connectivity index (χ4n) is 2.44. The molecule has 0 saturated carbocycles. The number of aliphatic hydroxyl groups is 1. The first kappa shape index (κ1) is 25.6. The van der Waals surface area contributed by atoms with Crippen molar-refractivity contribution in [1.29, 1.82) is 0 Å². The molecule has 2 amide bonds. The van der Waals surface area contributed by atoms with Gasteiger partial charge in [-0.1, -0.05) is 24.3 Å². The number of amides is 2. The van der Waals surface area contributed by atoms with Crippen LogP contribution >= 0.6 is 0 Å². The van der Waals surface area contributed by atoms with Crippen LogP contribution in [-0.2, 0) is 22.7 Å². The summed E-state index contributed by atoms with van der Waals surface area (Å²) in [7, 11) is 0. The molecule has 0 aliphatic carbocycles. The Bertz CT molecular complexity index is 775. The molecule has 1 aromatic rings. The van der Waals surface area contributed by atoms with Crippen molar-refractivity contribution in [2.45, 2.75) is 58.4 Å². The zero-order valence-electron chi connectivity index (χ0n) is 17.9. The number of hydrogen-bond acceptors (Lipinski definition) is 6. The number of hydrogen-bond donors (Lipinski definition) is 5. The summed E-state index contributed by atoms with van der Waals surface area (Å²) in [4.78, 5) is 35.0. The maximum absolute atomic E-state index is 12.6. The van der Waals surface area contributed by atoms with Gasteiger partial charge in [0.2, 0.25) is 5.91 Å². The third-order valence-corrected chi connectivity index (χ3v) is 3.84. The molecule has 0 fully saturated rings. The lowest BCUT2D eigenvalue weighted by Gasteiger charge is -2.23. The maximum Gasteiger partial charge on any atom is 0.408 e. The minimum atomic E-state index is -0.921. The number of nitrogens with one attached hydrogen (secondary N) is 3. The highest BCUT2D eigenvalue weighted by atomic mass is 16.7. The molecule has 1 atom stereocenters. The van der Waals surface area contributed by atoms with Gasteiger partial charge in [-0.05, 0) is 44.7 Å². The normalized spacial score (nSPS) is 12.6. The Morgan fingerprint density at radius 3 is 2.39 bits per heavy atom. The molecule has 1 rings (SSSR count). The Morgan fingerprint density at radius 2 is 1.84 bits per heavy atom.